The van der Waals surface area contributed by atoms with Gasteiger partial charge in [-0.2, -0.15) is 5.10 Å². The molecule has 1 aliphatic rings. The Balaban J connectivity index is 1.96. The van der Waals surface area contributed by atoms with Crippen LogP contribution in [0.15, 0.2) is 18.3 Å². The Bertz CT molecular complexity index is 996. The third kappa shape index (κ3) is 2.73. The zero-order chi connectivity index (χ0) is 17.7. The van der Waals surface area contributed by atoms with Crippen molar-refractivity contribution < 1.29 is 9.90 Å². The van der Waals surface area contributed by atoms with Gasteiger partial charge in [0.15, 0.2) is 0 Å². The Morgan fingerprint density at radius 1 is 1.44 bits per heavy atom. The van der Waals surface area contributed by atoms with Crippen LogP contribution < -0.4 is 0 Å². The average Bonchev–Trinajstić information content (AvgIpc) is 3.20. The van der Waals surface area contributed by atoms with Crippen molar-refractivity contribution in [2.24, 2.45) is 7.05 Å². The SMILES string of the molecule is Cn1ccc(-c2cc(Cl)c(Cl)c3sc4c(c23)CN(C(=O)CO)CC4)n1. The summed E-state index contributed by atoms with van der Waals surface area (Å²) in [5, 5.41) is 15.7. The van der Waals surface area contributed by atoms with Gasteiger partial charge in [-0.15, -0.1) is 11.3 Å². The van der Waals surface area contributed by atoms with Crippen molar-refractivity contribution in [2.45, 2.75) is 13.0 Å². The monoisotopic (exact) mass is 395 g/mol. The Labute approximate surface area is 158 Å². The van der Waals surface area contributed by atoms with Crippen LogP contribution in [0, 0.1) is 0 Å². The van der Waals surface area contributed by atoms with Crippen molar-refractivity contribution in [3.63, 3.8) is 0 Å². The number of carbonyl (C=O) groups excluding carboxylic acids is 1. The molecule has 0 saturated carbocycles. The van der Waals surface area contributed by atoms with E-state index in [1.807, 2.05) is 25.4 Å². The van der Waals surface area contributed by atoms with Gasteiger partial charge in [0.25, 0.3) is 0 Å². The van der Waals surface area contributed by atoms with Gasteiger partial charge in [-0.05, 0) is 24.1 Å². The fraction of sp³-hybridized carbons (Fsp3) is 0.294. The smallest absolute Gasteiger partial charge is 0.248 e. The van der Waals surface area contributed by atoms with Gasteiger partial charge in [-0.1, -0.05) is 23.2 Å². The number of aromatic nitrogens is 2. The van der Waals surface area contributed by atoms with Crippen LogP contribution in [-0.4, -0.2) is 38.8 Å². The molecule has 0 atom stereocenters. The molecule has 0 radical (unpaired) electrons. The van der Waals surface area contributed by atoms with Gasteiger partial charge < -0.3 is 10.0 Å². The number of rotatable bonds is 2. The zero-order valence-electron chi connectivity index (χ0n) is 13.4. The van der Waals surface area contributed by atoms with Gasteiger partial charge in [0.2, 0.25) is 5.91 Å². The van der Waals surface area contributed by atoms with Crippen LogP contribution in [0.2, 0.25) is 10.0 Å². The second-order valence-electron chi connectivity index (χ2n) is 6.03. The lowest BCUT2D eigenvalue weighted by atomic mass is 9.99. The Morgan fingerprint density at radius 2 is 2.24 bits per heavy atom. The molecule has 3 heterocycles. The minimum absolute atomic E-state index is 0.260. The lowest BCUT2D eigenvalue weighted by Crippen LogP contribution is -2.37. The third-order valence-corrected chi connectivity index (χ3v) is 6.68. The first kappa shape index (κ1) is 16.8. The van der Waals surface area contributed by atoms with Crippen LogP contribution in [-0.2, 0) is 24.8 Å². The fourth-order valence-electron chi connectivity index (χ4n) is 3.27. The molecule has 0 unspecified atom stereocenters. The number of halogens is 2. The molecule has 130 valence electrons. The quantitative estimate of drug-likeness (QED) is 0.722. The van der Waals surface area contributed by atoms with Gasteiger partial charge in [0, 0.05) is 42.2 Å². The number of amides is 1. The maximum atomic E-state index is 11.9. The van der Waals surface area contributed by atoms with Crippen molar-refractivity contribution in [2.75, 3.05) is 13.2 Å². The number of hydrogen-bond acceptors (Lipinski definition) is 4. The lowest BCUT2D eigenvalue weighted by molar-refractivity contribution is -0.135. The highest BCUT2D eigenvalue weighted by molar-refractivity contribution is 7.20. The van der Waals surface area contributed by atoms with Gasteiger partial charge in [-0.25, -0.2) is 0 Å². The van der Waals surface area contributed by atoms with Crippen molar-refractivity contribution >= 4 is 50.5 Å². The maximum Gasteiger partial charge on any atom is 0.248 e. The number of aliphatic hydroxyl groups is 1. The number of aliphatic hydroxyl groups excluding tert-OH is 1. The molecule has 0 saturated heterocycles. The molecule has 1 aliphatic heterocycles. The highest BCUT2D eigenvalue weighted by atomic mass is 35.5. The van der Waals surface area contributed by atoms with Crippen molar-refractivity contribution in [1.82, 2.24) is 14.7 Å². The van der Waals surface area contributed by atoms with E-state index in [1.165, 1.54) is 4.88 Å². The van der Waals surface area contributed by atoms with Crippen LogP contribution in [0.1, 0.15) is 10.4 Å². The predicted molar refractivity (Wildman–Crippen MR) is 100 cm³/mol. The second-order valence-corrected chi connectivity index (χ2v) is 7.92. The Kier molecular flexibility index (Phi) is 4.24. The molecule has 3 aromatic rings. The fourth-order valence-corrected chi connectivity index (χ4v) is 5.06. The zero-order valence-corrected chi connectivity index (χ0v) is 15.8. The van der Waals surface area contributed by atoms with Crippen molar-refractivity contribution in [3.05, 3.63) is 38.8 Å². The molecule has 25 heavy (non-hydrogen) atoms. The number of fused-ring (bicyclic) bond motifs is 3. The Hall–Kier alpha value is -1.60. The minimum Gasteiger partial charge on any atom is -0.387 e. The molecule has 1 aromatic carbocycles. The number of hydrogen-bond donors (Lipinski definition) is 1. The van der Waals surface area contributed by atoms with Crippen LogP contribution in [0.4, 0.5) is 0 Å². The first-order chi connectivity index (χ1) is 12.0. The van der Waals surface area contributed by atoms with Gasteiger partial charge in [0.1, 0.15) is 6.61 Å². The van der Waals surface area contributed by atoms with Crippen LogP contribution in [0.3, 0.4) is 0 Å². The van der Waals surface area contributed by atoms with Crippen LogP contribution >= 0.6 is 34.5 Å². The molecule has 5 nitrogen and oxygen atoms in total. The molecule has 1 amide bonds. The average molecular weight is 396 g/mol. The summed E-state index contributed by atoms with van der Waals surface area (Å²) in [6.45, 7) is 0.590. The van der Waals surface area contributed by atoms with Gasteiger partial charge in [0.05, 0.1) is 20.4 Å². The third-order valence-electron chi connectivity index (χ3n) is 4.48. The summed E-state index contributed by atoms with van der Waals surface area (Å²) in [5.74, 6) is -0.260. The van der Waals surface area contributed by atoms with E-state index in [2.05, 4.69) is 5.10 Å². The topological polar surface area (TPSA) is 58.4 Å². The lowest BCUT2D eigenvalue weighted by Gasteiger charge is -2.26. The van der Waals surface area contributed by atoms with E-state index in [1.54, 1.807) is 20.9 Å². The number of thiophene rings is 1. The predicted octanol–water partition coefficient (Wildman–Crippen LogP) is 3.49. The first-order valence-corrected chi connectivity index (χ1v) is 9.37. The van der Waals surface area contributed by atoms with Gasteiger partial charge in [-0.3, -0.25) is 9.48 Å². The minimum atomic E-state index is -0.475. The summed E-state index contributed by atoms with van der Waals surface area (Å²) in [6, 6.07) is 3.77. The molecule has 0 spiro atoms. The van der Waals surface area contributed by atoms with Crippen molar-refractivity contribution in [1.29, 1.82) is 0 Å². The summed E-state index contributed by atoms with van der Waals surface area (Å²) in [6.07, 6.45) is 2.63. The normalized spacial score (nSPS) is 14.2. The number of benzene rings is 1. The summed E-state index contributed by atoms with van der Waals surface area (Å²) in [5.41, 5.74) is 2.81. The van der Waals surface area contributed by atoms with Crippen molar-refractivity contribution in [3.8, 4) is 11.3 Å². The molecule has 2 aromatic heterocycles. The second kappa shape index (κ2) is 6.29. The van der Waals surface area contributed by atoms with Crippen LogP contribution in [0.5, 0.6) is 0 Å². The molecule has 0 fully saturated rings. The maximum absolute atomic E-state index is 11.9. The summed E-state index contributed by atoms with van der Waals surface area (Å²) in [7, 11) is 1.86. The van der Waals surface area contributed by atoms with E-state index >= 15 is 0 Å². The summed E-state index contributed by atoms with van der Waals surface area (Å²) in [4.78, 5) is 14.8. The Morgan fingerprint density at radius 3 is 2.92 bits per heavy atom. The molecule has 0 bridgehead atoms. The van der Waals surface area contributed by atoms with Crippen LogP contribution in [0.25, 0.3) is 21.3 Å². The van der Waals surface area contributed by atoms with E-state index < -0.39 is 6.61 Å². The molecular formula is C17H15Cl2N3O2S. The molecule has 1 N–H and O–H groups in total. The summed E-state index contributed by atoms with van der Waals surface area (Å²) >= 11 is 14.5. The van der Waals surface area contributed by atoms with E-state index in [-0.39, 0.29) is 5.91 Å². The highest BCUT2D eigenvalue weighted by Crippen LogP contribution is 2.46. The van der Waals surface area contributed by atoms with E-state index in [4.69, 9.17) is 23.2 Å². The van der Waals surface area contributed by atoms with E-state index in [9.17, 15) is 9.90 Å². The number of carbonyl (C=O) groups is 1. The molecular weight excluding hydrogens is 381 g/mol. The molecule has 8 heteroatoms. The number of aryl methyl sites for hydroxylation is 1. The summed E-state index contributed by atoms with van der Waals surface area (Å²) < 4.78 is 2.67. The number of nitrogens with zero attached hydrogens (tertiary/aromatic N) is 3. The molecule has 0 aliphatic carbocycles. The van der Waals surface area contributed by atoms with E-state index in [0.29, 0.717) is 23.1 Å². The largest absolute Gasteiger partial charge is 0.387 e. The standard InChI is InChI=1S/C17H15Cl2N3O2S/c1-21-4-2-12(20-21)9-6-11(18)16(19)17-15(9)10-7-22(14(24)8-23)5-3-13(10)25-17/h2,4,6,23H,3,5,7-8H2,1H3. The van der Waals surface area contributed by atoms with Gasteiger partial charge >= 0.3 is 0 Å². The molecule has 4 rings (SSSR count). The van der Waals surface area contributed by atoms with E-state index in [0.717, 1.165) is 33.3 Å². The first-order valence-electron chi connectivity index (χ1n) is 7.80. The highest BCUT2D eigenvalue weighted by Gasteiger charge is 2.27.